The number of nitrogens with two attached hydrogens (primary N) is 1. The van der Waals surface area contributed by atoms with E-state index in [9.17, 15) is 0 Å². The van der Waals surface area contributed by atoms with Crippen molar-refractivity contribution in [3.8, 4) is 0 Å². The largest absolute Gasteiger partial charge is 0.501 e. The first-order valence-electron chi connectivity index (χ1n) is 4.05. The van der Waals surface area contributed by atoms with E-state index in [4.69, 9.17) is 15.7 Å². The molecule has 3 N–H and O–H groups in total. The summed E-state index contributed by atoms with van der Waals surface area (Å²) in [5.41, 5.74) is 6.19. The van der Waals surface area contributed by atoms with Gasteiger partial charge in [-0.2, -0.15) is 0 Å². The minimum atomic E-state index is 0.141. The highest BCUT2D eigenvalue weighted by Crippen LogP contribution is 2.03. The maximum absolute atomic E-state index is 8.43. The monoisotopic (exact) mass is 184 g/mol. The molecule has 74 valence electrons. The smallest absolute Gasteiger partial charge is 0.165 e. The number of hydrogen-bond donors (Lipinski definition) is 2. The van der Waals surface area contributed by atoms with Crippen LogP contribution in [0, 0.1) is 0 Å². The fourth-order valence-electron chi connectivity index (χ4n) is 0.735. The third-order valence-electron chi connectivity index (χ3n) is 1.66. The molecule has 0 spiro atoms. The second-order valence-corrected chi connectivity index (χ2v) is 2.51. The molecule has 13 heavy (non-hydrogen) atoms. The van der Waals surface area contributed by atoms with E-state index >= 15 is 0 Å². The Bertz CT molecular complexity index is 242. The van der Waals surface area contributed by atoms with Crippen LogP contribution in [0.15, 0.2) is 28.6 Å². The van der Waals surface area contributed by atoms with E-state index in [0.29, 0.717) is 6.42 Å². The predicted molar refractivity (Wildman–Crippen MR) is 52.5 cm³/mol. The molecule has 0 atom stereocenters. The normalized spacial score (nSPS) is 14.5. The topological polar surface area (TPSA) is 67.8 Å². The number of allylic oxidation sites excluding steroid dienone is 3. The highest BCUT2D eigenvalue weighted by Gasteiger charge is 1.98. The van der Waals surface area contributed by atoms with Gasteiger partial charge in [0, 0.05) is 0 Å². The number of nitrogens with zero attached hydrogens (tertiary/aromatic N) is 1. The van der Waals surface area contributed by atoms with Gasteiger partial charge in [-0.25, -0.2) is 0 Å². The molecule has 0 aromatic rings. The Kier molecular flexibility index (Phi) is 5.43. The summed E-state index contributed by atoms with van der Waals surface area (Å²) in [5, 5.41) is 11.3. The van der Waals surface area contributed by atoms with Crippen molar-refractivity contribution in [2.75, 3.05) is 7.11 Å². The Morgan fingerprint density at radius 3 is 2.54 bits per heavy atom. The van der Waals surface area contributed by atoms with Gasteiger partial charge >= 0.3 is 0 Å². The maximum Gasteiger partial charge on any atom is 0.165 e. The summed E-state index contributed by atoms with van der Waals surface area (Å²) < 4.78 is 4.93. The van der Waals surface area contributed by atoms with Crippen LogP contribution in [-0.4, -0.2) is 18.2 Å². The average molecular weight is 184 g/mol. The standard InChI is InChI=1S/C9H16N2O2/c1-4-8(9(10)11-12)6-5-7(2)13-3/h5-6,12H,4H2,1-3H3,(H2,10,11)/b7-5+,8-6+. The van der Waals surface area contributed by atoms with Gasteiger partial charge in [0.15, 0.2) is 5.84 Å². The number of methoxy groups -OCH3 is 1. The molecular formula is C9H16N2O2. The van der Waals surface area contributed by atoms with Crippen LogP contribution in [0.1, 0.15) is 20.3 Å². The van der Waals surface area contributed by atoms with Crippen LogP contribution < -0.4 is 5.73 Å². The maximum atomic E-state index is 8.43. The summed E-state index contributed by atoms with van der Waals surface area (Å²) in [5.74, 6) is 0.916. The van der Waals surface area contributed by atoms with Crippen LogP contribution in [0.2, 0.25) is 0 Å². The SMILES string of the molecule is CCC(=C\C=C(/C)OC)/C(N)=N/O. The molecule has 0 rings (SSSR count). The highest BCUT2D eigenvalue weighted by molar-refractivity contribution is 5.96. The number of hydrogen-bond acceptors (Lipinski definition) is 3. The molecule has 0 radical (unpaired) electrons. The van der Waals surface area contributed by atoms with Gasteiger partial charge in [0.25, 0.3) is 0 Å². The van der Waals surface area contributed by atoms with Crippen molar-refractivity contribution in [2.45, 2.75) is 20.3 Å². The molecule has 0 fully saturated rings. The molecule has 0 heterocycles. The summed E-state index contributed by atoms with van der Waals surface area (Å²) in [4.78, 5) is 0. The second-order valence-electron chi connectivity index (χ2n) is 2.51. The third kappa shape index (κ3) is 4.20. The van der Waals surface area contributed by atoms with Crippen molar-refractivity contribution in [1.82, 2.24) is 0 Å². The Balaban J connectivity index is 4.58. The molecule has 0 unspecified atom stereocenters. The molecule has 0 aromatic heterocycles. The minimum absolute atomic E-state index is 0.141. The number of ether oxygens (including phenoxy) is 1. The van der Waals surface area contributed by atoms with E-state index in [1.807, 2.05) is 13.8 Å². The zero-order valence-electron chi connectivity index (χ0n) is 8.24. The van der Waals surface area contributed by atoms with Gasteiger partial charge in [-0.15, -0.1) is 0 Å². The fourth-order valence-corrected chi connectivity index (χ4v) is 0.735. The molecule has 0 aromatic carbocycles. The molecule has 0 aliphatic carbocycles. The molecule has 0 saturated carbocycles. The van der Waals surface area contributed by atoms with Crippen LogP contribution in [-0.2, 0) is 4.74 Å². The van der Waals surface area contributed by atoms with Crippen molar-refractivity contribution < 1.29 is 9.94 Å². The summed E-state index contributed by atoms with van der Waals surface area (Å²) in [6.07, 6.45) is 4.26. The van der Waals surface area contributed by atoms with Crippen molar-refractivity contribution in [3.63, 3.8) is 0 Å². The van der Waals surface area contributed by atoms with Gasteiger partial charge < -0.3 is 15.7 Å². The van der Waals surface area contributed by atoms with Crippen LogP contribution >= 0.6 is 0 Å². The van der Waals surface area contributed by atoms with Crippen molar-refractivity contribution in [3.05, 3.63) is 23.5 Å². The Hall–Kier alpha value is -1.45. The quantitative estimate of drug-likeness (QED) is 0.174. The van der Waals surface area contributed by atoms with E-state index in [2.05, 4.69) is 5.16 Å². The summed E-state index contributed by atoms with van der Waals surface area (Å²) >= 11 is 0. The van der Waals surface area contributed by atoms with Crippen molar-refractivity contribution >= 4 is 5.84 Å². The zero-order valence-corrected chi connectivity index (χ0v) is 8.24. The number of amidine groups is 1. The van der Waals surface area contributed by atoms with Crippen LogP contribution in [0.3, 0.4) is 0 Å². The van der Waals surface area contributed by atoms with Gasteiger partial charge in [-0.05, 0) is 25.0 Å². The second kappa shape index (κ2) is 6.11. The first kappa shape index (κ1) is 11.6. The fraction of sp³-hybridized carbons (Fsp3) is 0.444. The third-order valence-corrected chi connectivity index (χ3v) is 1.66. The van der Waals surface area contributed by atoms with Crippen LogP contribution in [0.25, 0.3) is 0 Å². The van der Waals surface area contributed by atoms with E-state index < -0.39 is 0 Å². The molecule has 0 saturated heterocycles. The average Bonchev–Trinajstić information content (AvgIpc) is 2.17. The van der Waals surface area contributed by atoms with Gasteiger partial charge in [0.1, 0.15) is 0 Å². The number of rotatable bonds is 4. The zero-order chi connectivity index (χ0) is 10.3. The lowest BCUT2D eigenvalue weighted by Crippen LogP contribution is -2.14. The Morgan fingerprint density at radius 2 is 2.15 bits per heavy atom. The lowest BCUT2D eigenvalue weighted by molar-refractivity contribution is 0.293. The van der Waals surface area contributed by atoms with Gasteiger partial charge in [0.05, 0.1) is 12.9 Å². The van der Waals surface area contributed by atoms with E-state index in [-0.39, 0.29) is 5.84 Å². The molecule has 0 bridgehead atoms. The predicted octanol–water partition coefficient (Wildman–Crippen LogP) is 1.62. The minimum Gasteiger partial charge on any atom is -0.501 e. The van der Waals surface area contributed by atoms with Crippen LogP contribution in [0.5, 0.6) is 0 Å². The summed E-state index contributed by atoms with van der Waals surface area (Å²) in [7, 11) is 1.59. The van der Waals surface area contributed by atoms with E-state index in [1.165, 1.54) is 0 Å². The molecule has 4 nitrogen and oxygen atoms in total. The lowest BCUT2D eigenvalue weighted by Gasteiger charge is -2.00. The highest BCUT2D eigenvalue weighted by atomic mass is 16.5. The van der Waals surface area contributed by atoms with E-state index in [1.54, 1.807) is 19.3 Å². The lowest BCUT2D eigenvalue weighted by atomic mass is 10.1. The van der Waals surface area contributed by atoms with Crippen molar-refractivity contribution in [1.29, 1.82) is 0 Å². The Labute approximate surface area is 78.4 Å². The number of oxime groups is 1. The molecule has 0 aliphatic heterocycles. The first-order chi connectivity index (χ1) is 6.15. The first-order valence-corrected chi connectivity index (χ1v) is 4.05. The summed E-state index contributed by atoms with van der Waals surface area (Å²) in [6, 6.07) is 0. The van der Waals surface area contributed by atoms with Crippen LogP contribution in [0.4, 0.5) is 0 Å². The molecule has 0 amide bonds. The van der Waals surface area contributed by atoms with E-state index in [0.717, 1.165) is 11.3 Å². The van der Waals surface area contributed by atoms with Gasteiger partial charge in [-0.1, -0.05) is 18.2 Å². The molecular weight excluding hydrogens is 168 g/mol. The van der Waals surface area contributed by atoms with Crippen molar-refractivity contribution in [2.24, 2.45) is 10.9 Å². The summed E-state index contributed by atoms with van der Waals surface area (Å²) in [6.45, 7) is 3.76. The molecule has 0 aliphatic rings. The Morgan fingerprint density at radius 1 is 1.54 bits per heavy atom. The molecule has 4 heteroatoms. The van der Waals surface area contributed by atoms with Gasteiger partial charge in [0.2, 0.25) is 0 Å². The van der Waals surface area contributed by atoms with Gasteiger partial charge in [-0.3, -0.25) is 0 Å².